The summed E-state index contributed by atoms with van der Waals surface area (Å²) in [4.78, 5) is 8.90. The van der Waals surface area contributed by atoms with Crippen molar-refractivity contribution in [1.29, 1.82) is 0 Å². The molecule has 0 amide bonds. The predicted molar refractivity (Wildman–Crippen MR) is 273 cm³/mol. The molecule has 0 spiro atoms. The summed E-state index contributed by atoms with van der Waals surface area (Å²) in [5.74, 6) is -0.871. The molecule has 0 unspecified atom stereocenters. The molecule has 0 saturated heterocycles. The van der Waals surface area contributed by atoms with Crippen LogP contribution in [0.1, 0.15) is 106 Å². The fraction of sp³-hybridized carbons (Fsp3) is 0.226. The van der Waals surface area contributed by atoms with Gasteiger partial charge in [-0.2, -0.15) is 0 Å². The smallest absolute Gasteiger partial charge is 0.121 e. The van der Waals surface area contributed by atoms with Crippen LogP contribution in [0.4, 0.5) is 0 Å². The molecule has 1 aliphatic rings. The summed E-state index contributed by atoms with van der Waals surface area (Å²) in [6.45, 7) is -4.50. The quantitative estimate of drug-likeness (QED) is 0.123. The Morgan fingerprint density at radius 3 is 2.24 bits per heavy atom. The Morgan fingerprint density at radius 1 is 0.667 bits per heavy atom. The van der Waals surface area contributed by atoms with Crippen molar-refractivity contribution in [2.45, 2.75) is 86.1 Å². The van der Waals surface area contributed by atoms with Gasteiger partial charge in [0.25, 0.3) is 0 Å². The normalized spacial score (nSPS) is 17.8. The van der Waals surface area contributed by atoms with Gasteiger partial charge in [0, 0.05) is 58.4 Å². The third kappa shape index (κ3) is 9.15. The number of aromatic nitrogens is 2. The van der Waals surface area contributed by atoms with Gasteiger partial charge in [-0.1, -0.05) is 142 Å². The predicted octanol–water partition coefficient (Wildman–Crippen LogP) is 17.1. The minimum absolute atomic E-state index is 0. The molecular formula is C62H56IrN2O-2. The Morgan fingerprint density at radius 2 is 1.47 bits per heavy atom. The molecule has 331 valence electrons. The molecule has 0 atom stereocenters. The molecule has 0 bridgehead atoms. The van der Waals surface area contributed by atoms with Crippen LogP contribution in [0.25, 0.3) is 88.3 Å². The van der Waals surface area contributed by atoms with E-state index < -0.39 is 45.1 Å². The van der Waals surface area contributed by atoms with E-state index in [2.05, 4.69) is 52.4 Å². The van der Waals surface area contributed by atoms with Gasteiger partial charge in [-0.25, -0.2) is 0 Å². The maximum atomic E-state index is 9.00. The van der Waals surface area contributed by atoms with Gasteiger partial charge in [0.05, 0.1) is 5.58 Å². The molecule has 3 aromatic heterocycles. The fourth-order valence-electron chi connectivity index (χ4n) is 8.94. The van der Waals surface area contributed by atoms with Crippen molar-refractivity contribution in [3.8, 4) is 44.8 Å². The van der Waals surface area contributed by atoms with Crippen molar-refractivity contribution in [3.63, 3.8) is 0 Å². The van der Waals surface area contributed by atoms with E-state index in [0.717, 1.165) is 45.2 Å². The van der Waals surface area contributed by atoms with Crippen LogP contribution in [0.5, 0.6) is 0 Å². The van der Waals surface area contributed by atoms with Gasteiger partial charge in [0.15, 0.2) is 0 Å². The van der Waals surface area contributed by atoms with E-state index in [-0.39, 0.29) is 53.5 Å². The molecule has 1 saturated carbocycles. The molecule has 1 radical (unpaired) electrons. The van der Waals surface area contributed by atoms with E-state index >= 15 is 0 Å². The van der Waals surface area contributed by atoms with Crippen LogP contribution < -0.4 is 0 Å². The van der Waals surface area contributed by atoms with Crippen LogP contribution in [-0.2, 0) is 26.5 Å². The molecule has 3 nitrogen and oxygen atoms in total. The van der Waals surface area contributed by atoms with E-state index in [1.54, 1.807) is 66.7 Å². The maximum Gasteiger partial charge on any atom is 0.121 e. The van der Waals surface area contributed by atoms with Gasteiger partial charge in [-0.15, -0.1) is 53.6 Å². The molecule has 11 rings (SSSR count). The zero-order valence-electron chi connectivity index (χ0n) is 51.8. The Balaban J connectivity index is 0.000000278. The number of aryl methyl sites for hydroxylation is 4. The van der Waals surface area contributed by atoms with Crippen LogP contribution in [0.3, 0.4) is 0 Å². The second-order valence-corrected chi connectivity index (χ2v) is 17.8. The first-order valence-corrected chi connectivity index (χ1v) is 21.9. The SMILES string of the molecule is [2H]C([2H])([2H])c1c[c-]c(-c2ccc(C([2H])([2H])C(C)(C)C)cn2)cc1.[2H]C([2H])([2H])c1cc(C2([2H])CCCC2)ccc1-c1ccc(-c2cc(-c3[c-]ccc4c3oc3cc5c(ccc6ccccc65)cc34)ncc2C([2H])([2H])[2H])c(C([2H])([2H])[2H])c1.[Ir]. The minimum Gasteiger partial charge on any atom is -0.501 e. The number of hydrogen-bond acceptors (Lipinski definition) is 3. The maximum absolute atomic E-state index is 9.00. The Kier molecular flexibility index (Phi) is 8.50. The first kappa shape index (κ1) is 30.2. The minimum atomic E-state index is -2.72. The second kappa shape index (κ2) is 18.6. The van der Waals surface area contributed by atoms with Crippen molar-refractivity contribution < 1.29 is 45.1 Å². The summed E-state index contributed by atoms with van der Waals surface area (Å²) in [5, 5.41) is 6.03. The molecule has 10 aromatic rings. The summed E-state index contributed by atoms with van der Waals surface area (Å²) in [7, 11) is 0. The molecule has 3 heterocycles. The largest absolute Gasteiger partial charge is 0.501 e. The monoisotopic (exact) mass is 1050 g/mol. The zero-order valence-corrected chi connectivity index (χ0v) is 39.2. The van der Waals surface area contributed by atoms with Crippen molar-refractivity contribution in [2.24, 2.45) is 5.41 Å². The van der Waals surface area contributed by atoms with Gasteiger partial charge in [-0.3, -0.25) is 0 Å². The number of benzene rings is 7. The van der Waals surface area contributed by atoms with Crippen molar-refractivity contribution in [3.05, 3.63) is 191 Å². The number of pyridine rings is 2. The molecule has 1 fully saturated rings. The number of furan rings is 1. The number of hydrogen-bond donors (Lipinski definition) is 0. The van der Waals surface area contributed by atoms with Crippen LogP contribution >= 0.6 is 0 Å². The fourth-order valence-corrected chi connectivity index (χ4v) is 8.94. The van der Waals surface area contributed by atoms with Crippen LogP contribution in [0.15, 0.2) is 150 Å². The van der Waals surface area contributed by atoms with Crippen LogP contribution in [-0.4, -0.2) is 9.97 Å². The molecule has 0 N–H and O–H groups in total. The third-order valence-corrected chi connectivity index (χ3v) is 12.1. The summed E-state index contributed by atoms with van der Waals surface area (Å²) in [5.41, 5.74) is 4.93. The molecule has 1 aliphatic carbocycles. The van der Waals surface area contributed by atoms with Crippen molar-refractivity contribution in [1.82, 2.24) is 9.97 Å². The van der Waals surface area contributed by atoms with Gasteiger partial charge < -0.3 is 14.4 Å². The van der Waals surface area contributed by atoms with Crippen LogP contribution in [0, 0.1) is 45.0 Å². The van der Waals surface area contributed by atoms with Gasteiger partial charge in [0.1, 0.15) is 5.58 Å². The summed E-state index contributed by atoms with van der Waals surface area (Å²) in [6, 6.07) is 45.6. The number of fused-ring (bicyclic) bond motifs is 6. The van der Waals surface area contributed by atoms with E-state index in [0.29, 0.717) is 68.8 Å². The standard InChI is InChI=1S/C45H36NO.C17H20N.Ir/c1-27-21-32(30-9-4-5-10-30)17-19-35(27)33-18-20-36(28(2)22-33)40-24-43(46-26-29(40)3)39-14-8-13-38-42-23-34-16-15-31-11-6-7-12-37(31)41(34)25-44(42)47-45(38)39;1-13-5-8-15(9-6-13)16-10-7-14(12-18-16)11-17(2,3)4;/h6-8,11-13,15-26,30H,4-5,9-10H2,1-3H3;5-8,10,12H,11H2,1-4H3;/q2*-1;/i1D3,2D3,3D3,30D;1D3,11D2;. The van der Waals surface area contributed by atoms with E-state index in [9.17, 15) is 0 Å². The molecule has 0 aliphatic heterocycles. The molecular weight excluding hydrogens is 981 g/mol. The Bertz CT molecular complexity index is 3980. The van der Waals surface area contributed by atoms with Gasteiger partial charge in [-0.05, 0) is 146 Å². The van der Waals surface area contributed by atoms with E-state index in [1.807, 2.05) is 45.0 Å². The second-order valence-electron chi connectivity index (χ2n) is 17.8. The average Bonchev–Trinajstić information content (AvgIpc) is 4.04. The first-order chi connectivity index (χ1) is 37.4. The van der Waals surface area contributed by atoms with Gasteiger partial charge in [0.2, 0.25) is 0 Å². The van der Waals surface area contributed by atoms with Crippen molar-refractivity contribution in [2.75, 3.05) is 0 Å². The Labute approximate surface area is 424 Å². The number of nitrogens with zero attached hydrogens (tertiary/aromatic N) is 2. The molecule has 4 heteroatoms. The topological polar surface area (TPSA) is 38.9 Å². The summed E-state index contributed by atoms with van der Waals surface area (Å²) in [6.07, 6.45) is 4.37. The number of rotatable bonds is 6. The molecule has 7 aromatic carbocycles. The molecule has 66 heavy (non-hydrogen) atoms. The summed E-state index contributed by atoms with van der Waals surface area (Å²) >= 11 is 0. The van der Waals surface area contributed by atoms with E-state index in [4.69, 9.17) is 25.0 Å². The zero-order chi connectivity index (χ0) is 57.5. The van der Waals surface area contributed by atoms with Crippen molar-refractivity contribution >= 4 is 43.5 Å². The van der Waals surface area contributed by atoms with Gasteiger partial charge >= 0.3 is 0 Å². The van der Waals surface area contributed by atoms with E-state index in [1.165, 1.54) is 24.5 Å². The third-order valence-electron chi connectivity index (χ3n) is 12.1. The Hall–Kier alpha value is -6.19. The average molecular weight is 1050 g/mol. The first-order valence-electron chi connectivity index (χ1n) is 29.4. The summed E-state index contributed by atoms with van der Waals surface area (Å²) < 4.78 is 130. The van der Waals surface area contributed by atoms with Crippen LogP contribution in [0.2, 0.25) is 0 Å².